The van der Waals surface area contributed by atoms with Crippen LogP contribution in [-0.2, 0) is 0 Å². The molecule has 142 valence electrons. The normalized spacial score (nSPS) is 11.2. The molecule has 1 heterocycles. The maximum absolute atomic E-state index is 13.2. The minimum atomic E-state index is -0.204. The quantitative estimate of drug-likeness (QED) is 0.569. The van der Waals surface area contributed by atoms with Crippen LogP contribution >= 0.6 is 34.5 Å². The van der Waals surface area contributed by atoms with Gasteiger partial charge in [-0.15, -0.1) is 0 Å². The highest BCUT2D eigenvalue weighted by atomic mass is 35.5. The van der Waals surface area contributed by atoms with E-state index in [1.54, 1.807) is 30.2 Å². The number of likely N-dealkylation sites (N-methyl/N-ethyl adjacent to an activating group) is 1. The standard InChI is InChI=1S/C19H19Cl2N3O2S/c1-23(2)8-9-24(18(25)14-6-4-12(20)10-15(14)21)19-22-16-11-13(26-3)5-7-17(16)27-19/h4-7,10-11H,8-9H2,1-3H3. The third kappa shape index (κ3) is 4.52. The first-order chi connectivity index (χ1) is 12.9. The first-order valence-corrected chi connectivity index (χ1v) is 9.82. The Balaban J connectivity index is 2.01. The van der Waals surface area contributed by atoms with Gasteiger partial charge in [0.2, 0.25) is 0 Å². The summed E-state index contributed by atoms with van der Waals surface area (Å²) in [5, 5.41) is 1.43. The van der Waals surface area contributed by atoms with E-state index in [0.29, 0.717) is 33.8 Å². The summed E-state index contributed by atoms with van der Waals surface area (Å²) in [6.07, 6.45) is 0. The Hall–Kier alpha value is -1.86. The van der Waals surface area contributed by atoms with E-state index in [9.17, 15) is 4.79 Å². The lowest BCUT2D eigenvalue weighted by atomic mass is 10.2. The molecule has 5 nitrogen and oxygen atoms in total. The number of amides is 1. The molecule has 8 heteroatoms. The summed E-state index contributed by atoms with van der Waals surface area (Å²) in [4.78, 5) is 21.5. The first kappa shape index (κ1) is 19.9. The molecule has 0 aliphatic rings. The van der Waals surface area contributed by atoms with Crippen LogP contribution < -0.4 is 9.64 Å². The van der Waals surface area contributed by atoms with Crippen molar-refractivity contribution in [2.24, 2.45) is 0 Å². The number of thiazole rings is 1. The average molecular weight is 424 g/mol. The smallest absolute Gasteiger partial charge is 0.261 e. The Bertz CT molecular complexity index is 975. The van der Waals surface area contributed by atoms with Crippen molar-refractivity contribution < 1.29 is 9.53 Å². The fraction of sp³-hybridized carbons (Fsp3) is 0.263. The van der Waals surface area contributed by atoms with E-state index >= 15 is 0 Å². The van der Waals surface area contributed by atoms with E-state index in [1.165, 1.54) is 11.3 Å². The van der Waals surface area contributed by atoms with Gasteiger partial charge < -0.3 is 9.64 Å². The zero-order valence-corrected chi connectivity index (χ0v) is 17.5. The Morgan fingerprint density at radius 3 is 2.59 bits per heavy atom. The summed E-state index contributed by atoms with van der Waals surface area (Å²) in [7, 11) is 5.53. The van der Waals surface area contributed by atoms with Gasteiger partial charge in [-0.3, -0.25) is 9.69 Å². The molecule has 0 spiro atoms. The van der Waals surface area contributed by atoms with Gasteiger partial charge in [-0.1, -0.05) is 34.5 Å². The van der Waals surface area contributed by atoms with Crippen LogP contribution in [0.1, 0.15) is 10.4 Å². The van der Waals surface area contributed by atoms with Crippen LogP contribution in [-0.4, -0.2) is 50.1 Å². The third-order valence-electron chi connectivity index (χ3n) is 3.99. The molecule has 0 aliphatic carbocycles. The first-order valence-electron chi connectivity index (χ1n) is 8.25. The maximum Gasteiger partial charge on any atom is 0.261 e. The minimum absolute atomic E-state index is 0.204. The van der Waals surface area contributed by atoms with Crippen molar-refractivity contribution in [3.63, 3.8) is 0 Å². The summed E-state index contributed by atoms with van der Waals surface area (Å²) in [5.41, 5.74) is 1.19. The molecule has 0 radical (unpaired) electrons. The predicted octanol–water partition coefficient (Wildman–Crippen LogP) is 4.82. The van der Waals surface area contributed by atoms with E-state index in [1.807, 2.05) is 37.2 Å². The highest BCUT2D eigenvalue weighted by molar-refractivity contribution is 7.22. The molecule has 3 rings (SSSR count). The van der Waals surface area contributed by atoms with Crippen LogP contribution in [0.15, 0.2) is 36.4 Å². The number of halogens is 2. The zero-order valence-electron chi connectivity index (χ0n) is 15.2. The van der Waals surface area contributed by atoms with E-state index in [4.69, 9.17) is 27.9 Å². The Morgan fingerprint density at radius 1 is 1.15 bits per heavy atom. The summed E-state index contributed by atoms with van der Waals surface area (Å²) < 4.78 is 6.24. The lowest BCUT2D eigenvalue weighted by Crippen LogP contribution is -2.36. The van der Waals surface area contributed by atoms with Crippen molar-refractivity contribution in [3.8, 4) is 5.75 Å². The second-order valence-corrected chi connectivity index (χ2v) is 8.07. The van der Waals surface area contributed by atoms with E-state index in [0.717, 1.165) is 16.0 Å². The number of ether oxygens (including phenoxy) is 1. The van der Waals surface area contributed by atoms with Gasteiger partial charge in [-0.2, -0.15) is 0 Å². The van der Waals surface area contributed by atoms with Crippen LogP contribution in [0.2, 0.25) is 10.0 Å². The molecule has 1 aromatic heterocycles. The molecule has 0 atom stereocenters. The van der Waals surface area contributed by atoms with Gasteiger partial charge >= 0.3 is 0 Å². The summed E-state index contributed by atoms with van der Waals surface area (Å²) in [6.45, 7) is 1.18. The number of hydrogen-bond acceptors (Lipinski definition) is 5. The summed E-state index contributed by atoms with van der Waals surface area (Å²) >= 11 is 13.7. The molecule has 0 fully saturated rings. The van der Waals surface area contributed by atoms with Crippen LogP contribution in [0.5, 0.6) is 5.75 Å². The van der Waals surface area contributed by atoms with Gasteiger partial charge in [0.05, 0.1) is 27.9 Å². The number of fused-ring (bicyclic) bond motifs is 1. The van der Waals surface area contributed by atoms with E-state index < -0.39 is 0 Å². The number of rotatable bonds is 6. The number of anilines is 1. The lowest BCUT2D eigenvalue weighted by Gasteiger charge is -2.22. The van der Waals surface area contributed by atoms with E-state index in [-0.39, 0.29) is 5.91 Å². The molecule has 0 N–H and O–H groups in total. The molecular weight excluding hydrogens is 405 g/mol. The fourth-order valence-electron chi connectivity index (χ4n) is 2.53. The van der Waals surface area contributed by atoms with Gasteiger partial charge in [0.15, 0.2) is 5.13 Å². The topological polar surface area (TPSA) is 45.7 Å². The molecule has 2 aromatic carbocycles. The Kier molecular flexibility index (Phi) is 6.22. The number of carbonyl (C=O) groups excluding carboxylic acids is 1. The second-order valence-electron chi connectivity index (χ2n) is 6.21. The van der Waals surface area contributed by atoms with Crippen molar-refractivity contribution >= 4 is 55.8 Å². The molecule has 0 unspecified atom stereocenters. The van der Waals surface area contributed by atoms with Gasteiger partial charge in [0.25, 0.3) is 5.91 Å². The SMILES string of the molecule is COc1ccc2sc(N(CCN(C)C)C(=O)c3ccc(Cl)cc3Cl)nc2c1. The zero-order chi connectivity index (χ0) is 19.6. The lowest BCUT2D eigenvalue weighted by molar-refractivity contribution is 0.0985. The number of methoxy groups -OCH3 is 1. The van der Waals surface area contributed by atoms with Crippen molar-refractivity contribution in [1.29, 1.82) is 0 Å². The number of hydrogen-bond donors (Lipinski definition) is 0. The predicted molar refractivity (Wildman–Crippen MR) is 113 cm³/mol. The monoisotopic (exact) mass is 423 g/mol. The van der Waals surface area contributed by atoms with Crippen LogP contribution in [0.25, 0.3) is 10.2 Å². The van der Waals surface area contributed by atoms with Crippen LogP contribution in [0.4, 0.5) is 5.13 Å². The minimum Gasteiger partial charge on any atom is -0.497 e. The summed E-state index contributed by atoms with van der Waals surface area (Å²) in [5.74, 6) is 0.524. The molecule has 0 saturated carbocycles. The number of benzene rings is 2. The highest BCUT2D eigenvalue weighted by Gasteiger charge is 2.23. The van der Waals surface area contributed by atoms with E-state index in [2.05, 4.69) is 4.98 Å². The number of aromatic nitrogens is 1. The third-order valence-corrected chi connectivity index (χ3v) is 5.60. The molecule has 0 saturated heterocycles. The van der Waals surface area contributed by atoms with Crippen molar-refractivity contribution in [3.05, 3.63) is 52.0 Å². The largest absolute Gasteiger partial charge is 0.497 e. The molecule has 1 amide bonds. The van der Waals surface area contributed by atoms with Crippen LogP contribution in [0.3, 0.4) is 0 Å². The number of carbonyl (C=O) groups is 1. The van der Waals surface area contributed by atoms with Gasteiger partial charge in [0, 0.05) is 24.2 Å². The van der Waals surface area contributed by atoms with Crippen molar-refractivity contribution in [2.75, 3.05) is 39.2 Å². The molecular formula is C19H19Cl2N3O2S. The highest BCUT2D eigenvalue weighted by Crippen LogP contribution is 2.33. The summed E-state index contributed by atoms with van der Waals surface area (Å²) in [6, 6.07) is 10.6. The Labute approximate surface area is 172 Å². The molecule has 3 aromatic rings. The fourth-order valence-corrected chi connectivity index (χ4v) is 3.99. The van der Waals surface area contributed by atoms with Crippen molar-refractivity contribution in [2.45, 2.75) is 0 Å². The second kappa shape index (κ2) is 8.44. The number of nitrogens with zero attached hydrogens (tertiary/aromatic N) is 3. The Morgan fingerprint density at radius 2 is 1.93 bits per heavy atom. The molecule has 0 aliphatic heterocycles. The van der Waals surface area contributed by atoms with Crippen molar-refractivity contribution in [1.82, 2.24) is 9.88 Å². The van der Waals surface area contributed by atoms with Gasteiger partial charge in [-0.25, -0.2) is 4.98 Å². The van der Waals surface area contributed by atoms with Gasteiger partial charge in [-0.05, 0) is 44.4 Å². The van der Waals surface area contributed by atoms with Crippen LogP contribution in [0, 0.1) is 0 Å². The van der Waals surface area contributed by atoms with Gasteiger partial charge in [0.1, 0.15) is 5.75 Å². The molecule has 0 bridgehead atoms. The average Bonchev–Trinajstić information content (AvgIpc) is 3.04. The maximum atomic E-state index is 13.2. The molecule has 27 heavy (non-hydrogen) atoms.